The topological polar surface area (TPSA) is 105 Å². The second kappa shape index (κ2) is 6.25. The normalized spacial score (nSPS) is 12.4. The molecular weight excluding hydrogens is 254 g/mol. The third kappa shape index (κ3) is 4.25. The van der Waals surface area contributed by atoms with Gasteiger partial charge >= 0.3 is 0 Å². The number of rotatable bonds is 6. The smallest absolute Gasteiger partial charge is 0.232 e. The van der Waals surface area contributed by atoms with E-state index in [4.69, 9.17) is 10.9 Å². The summed E-state index contributed by atoms with van der Waals surface area (Å²) in [6, 6.07) is 6.38. The average molecular weight is 271 g/mol. The second-order valence-corrected chi connectivity index (χ2v) is 5.68. The summed E-state index contributed by atoms with van der Waals surface area (Å²) in [6.45, 7) is 1.93. The van der Waals surface area contributed by atoms with Crippen molar-refractivity contribution in [2.45, 2.75) is 19.8 Å². The average Bonchev–Trinajstić information content (AvgIpc) is 2.35. The van der Waals surface area contributed by atoms with Gasteiger partial charge in [-0.3, -0.25) is 4.72 Å². The SMILES string of the molecule is CCCCS(=O)(=O)Nc1cccc(/C(N)=N/O)c1. The van der Waals surface area contributed by atoms with Gasteiger partial charge in [-0.2, -0.15) is 0 Å². The molecule has 0 aromatic heterocycles. The fourth-order valence-corrected chi connectivity index (χ4v) is 2.62. The Kier molecular flexibility index (Phi) is 4.96. The number of nitrogens with two attached hydrogens (primary N) is 1. The van der Waals surface area contributed by atoms with Crippen LogP contribution in [0.2, 0.25) is 0 Å². The first-order chi connectivity index (χ1) is 8.48. The zero-order valence-electron chi connectivity index (χ0n) is 10.1. The zero-order valence-corrected chi connectivity index (χ0v) is 10.9. The summed E-state index contributed by atoms with van der Waals surface area (Å²) in [5, 5.41) is 11.4. The second-order valence-electron chi connectivity index (χ2n) is 3.84. The number of nitrogens with one attached hydrogen (secondary N) is 1. The number of sulfonamides is 1. The van der Waals surface area contributed by atoms with Crippen molar-refractivity contribution < 1.29 is 13.6 Å². The molecule has 0 atom stereocenters. The molecule has 0 radical (unpaired) electrons. The lowest BCUT2D eigenvalue weighted by Crippen LogP contribution is -2.18. The molecule has 0 aliphatic rings. The van der Waals surface area contributed by atoms with Crippen LogP contribution in [0.3, 0.4) is 0 Å². The van der Waals surface area contributed by atoms with Crippen LogP contribution in [0.4, 0.5) is 5.69 Å². The Labute approximate surface area is 107 Å². The van der Waals surface area contributed by atoms with Crippen LogP contribution in [0.5, 0.6) is 0 Å². The van der Waals surface area contributed by atoms with E-state index in [1.165, 1.54) is 6.07 Å². The minimum absolute atomic E-state index is 0.0652. The van der Waals surface area contributed by atoms with Gasteiger partial charge in [-0.25, -0.2) is 8.42 Å². The predicted octanol–water partition coefficient (Wildman–Crippen LogP) is 1.32. The van der Waals surface area contributed by atoms with Crippen molar-refractivity contribution in [3.05, 3.63) is 29.8 Å². The van der Waals surface area contributed by atoms with Crippen LogP contribution < -0.4 is 10.5 Å². The molecule has 6 nitrogen and oxygen atoms in total. The summed E-state index contributed by atoms with van der Waals surface area (Å²) >= 11 is 0. The van der Waals surface area contributed by atoms with Gasteiger partial charge in [0.2, 0.25) is 10.0 Å². The highest BCUT2D eigenvalue weighted by Crippen LogP contribution is 2.13. The number of hydrogen-bond acceptors (Lipinski definition) is 4. The van der Waals surface area contributed by atoms with Gasteiger partial charge in [0.05, 0.1) is 5.75 Å². The van der Waals surface area contributed by atoms with E-state index in [0.29, 0.717) is 17.7 Å². The summed E-state index contributed by atoms with van der Waals surface area (Å²) in [6.07, 6.45) is 1.42. The van der Waals surface area contributed by atoms with Crippen LogP contribution in [-0.2, 0) is 10.0 Å². The van der Waals surface area contributed by atoms with Crippen LogP contribution in [0, 0.1) is 0 Å². The molecule has 4 N–H and O–H groups in total. The highest BCUT2D eigenvalue weighted by atomic mass is 32.2. The molecule has 1 aromatic rings. The lowest BCUT2D eigenvalue weighted by molar-refractivity contribution is 0.318. The molecule has 100 valence electrons. The Hall–Kier alpha value is -1.76. The molecule has 7 heteroatoms. The molecule has 0 bridgehead atoms. The molecular formula is C11H17N3O3S. The minimum Gasteiger partial charge on any atom is -0.409 e. The summed E-state index contributed by atoms with van der Waals surface area (Å²) in [5.74, 6) is 0.0155. The van der Waals surface area contributed by atoms with E-state index >= 15 is 0 Å². The fourth-order valence-electron chi connectivity index (χ4n) is 1.36. The lowest BCUT2D eigenvalue weighted by Gasteiger charge is -2.08. The fraction of sp³-hybridized carbons (Fsp3) is 0.364. The van der Waals surface area contributed by atoms with E-state index in [1.54, 1.807) is 18.2 Å². The van der Waals surface area contributed by atoms with Crippen LogP contribution in [-0.4, -0.2) is 25.2 Å². The number of benzene rings is 1. The predicted molar refractivity (Wildman–Crippen MR) is 71.3 cm³/mol. The van der Waals surface area contributed by atoms with Gasteiger partial charge in [0.25, 0.3) is 0 Å². The maximum Gasteiger partial charge on any atom is 0.232 e. The largest absolute Gasteiger partial charge is 0.409 e. The van der Waals surface area contributed by atoms with Gasteiger partial charge in [0.15, 0.2) is 5.84 Å². The standard InChI is InChI=1S/C11H17N3O3S/c1-2-3-7-18(16,17)14-10-6-4-5-9(8-10)11(12)13-15/h4-6,8,14-15H,2-3,7H2,1H3,(H2,12,13). The highest BCUT2D eigenvalue weighted by Gasteiger charge is 2.10. The first-order valence-corrected chi connectivity index (χ1v) is 7.22. The quantitative estimate of drug-likeness (QED) is 0.314. The molecule has 1 aromatic carbocycles. The van der Waals surface area contributed by atoms with Crippen LogP contribution in [0.25, 0.3) is 0 Å². The summed E-state index contributed by atoms with van der Waals surface area (Å²) in [5.41, 5.74) is 6.28. The maximum absolute atomic E-state index is 11.7. The first kappa shape index (κ1) is 14.3. The first-order valence-electron chi connectivity index (χ1n) is 5.57. The van der Waals surface area contributed by atoms with Crippen molar-refractivity contribution >= 4 is 21.5 Å². The number of amidine groups is 1. The van der Waals surface area contributed by atoms with Gasteiger partial charge in [0.1, 0.15) is 0 Å². The molecule has 18 heavy (non-hydrogen) atoms. The maximum atomic E-state index is 11.7. The molecule has 0 spiro atoms. The van der Waals surface area contributed by atoms with E-state index in [2.05, 4.69) is 9.88 Å². The zero-order chi connectivity index (χ0) is 13.6. The van der Waals surface area contributed by atoms with Gasteiger partial charge in [-0.15, -0.1) is 0 Å². The van der Waals surface area contributed by atoms with E-state index < -0.39 is 10.0 Å². The van der Waals surface area contributed by atoms with Crippen molar-refractivity contribution in [2.75, 3.05) is 10.5 Å². The molecule has 0 amide bonds. The van der Waals surface area contributed by atoms with E-state index in [-0.39, 0.29) is 11.6 Å². The molecule has 0 fully saturated rings. The van der Waals surface area contributed by atoms with Gasteiger partial charge in [0, 0.05) is 11.3 Å². The van der Waals surface area contributed by atoms with Crippen molar-refractivity contribution in [3.63, 3.8) is 0 Å². The Morgan fingerprint density at radius 2 is 2.22 bits per heavy atom. The van der Waals surface area contributed by atoms with Crippen molar-refractivity contribution in [2.24, 2.45) is 10.9 Å². The summed E-state index contributed by atoms with van der Waals surface area (Å²) in [4.78, 5) is 0. The van der Waals surface area contributed by atoms with Crippen molar-refractivity contribution in [1.82, 2.24) is 0 Å². The number of oxime groups is 1. The number of nitrogens with zero attached hydrogens (tertiary/aromatic N) is 1. The van der Waals surface area contributed by atoms with E-state index in [9.17, 15) is 8.42 Å². The molecule has 1 rings (SSSR count). The molecule has 0 aliphatic heterocycles. The van der Waals surface area contributed by atoms with Crippen molar-refractivity contribution in [3.8, 4) is 0 Å². The minimum atomic E-state index is -3.34. The van der Waals surface area contributed by atoms with E-state index in [1.807, 2.05) is 6.92 Å². The molecule has 0 heterocycles. The Bertz CT molecular complexity index is 526. The number of unbranched alkanes of at least 4 members (excludes halogenated alkanes) is 1. The van der Waals surface area contributed by atoms with Gasteiger partial charge < -0.3 is 10.9 Å². The molecule has 0 aliphatic carbocycles. The van der Waals surface area contributed by atoms with Crippen LogP contribution in [0.15, 0.2) is 29.4 Å². The monoisotopic (exact) mass is 271 g/mol. The van der Waals surface area contributed by atoms with E-state index in [0.717, 1.165) is 6.42 Å². The van der Waals surface area contributed by atoms with Crippen molar-refractivity contribution in [1.29, 1.82) is 0 Å². The summed E-state index contributed by atoms with van der Waals surface area (Å²) in [7, 11) is -3.34. The highest BCUT2D eigenvalue weighted by molar-refractivity contribution is 7.92. The Morgan fingerprint density at radius 1 is 1.50 bits per heavy atom. The molecule has 0 unspecified atom stereocenters. The third-order valence-corrected chi connectivity index (χ3v) is 3.68. The third-order valence-electron chi connectivity index (χ3n) is 2.31. The van der Waals surface area contributed by atoms with Gasteiger partial charge in [-0.1, -0.05) is 30.6 Å². The Balaban J connectivity index is 2.86. The van der Waals surface area contributed by atoms with Crippen LogP contribution >= 0.6 is 0 Å². The molecule has 0 saturated carbocycles. The lowest BCUT2D eigenvalue weighted by atomic mass is 10.2. The molecule has 0 saturated heterocycles. The number of anilines is 1. The Morgan fingerprint density at radius 3 is 2.83 bits per heavy atom. The van der Waals surface area contributed by atoms with Gasteiger partial charge in [-0.05, 0) is 18.6 Å². The summed E-state index contributed by atoms with van der Waals surface area (Å²) < 4.78 is 25.8. The van der Waals surface area contributed by atoms with Crippen LogP contribution in [0.1, 0.15) is 25.3 Å². The number of hydrogen-bond donors (Lipinski definition) is 3.